The van der Waals surface area contributed by atoms with Gasteiger partial charge in [-0.2, -0.15) is 4.79 Å². The molecule has 6 heteroatoms. The van der Waals surface area contributed by atoms with E-state index in [-0.39, 0.29) is 11.5 Å². The van der Waals surface area contributed by atoms with Crippen molar-refractivity contribution in [3.8, 4) is 17.2 Å². The number of carbonyl (C=O) groups is 2. The fourth-order valence-electron chi connectivity index (χ4n) is 6.79. The Kier molecular flexibility index (Phi) is 5.69. The molecule has 2 N–H and O–H groups in total. The minimum absolute atomic E-state index is 0.0555. The van der Waals surface area contributed by atoms with Crippen molar-refractivity contribution >= 4 is 17.6 Å². The summed E-state index contributed by atoms with van der Waals surface area (Å²) in [4.78, 5) is 28.9. The molecule has 6 nitrogen and oxygen atoms in total. The number of carboxylic acids is 1. The second kappa shape index (κ2) is 8.56. The third-order valence-electron chi connectivity index (χ3n) is 8.05. The van der Waals surface area contributed by atoms with Gasteiger partial charge in [0.1, 0.15) is 17.0 Å². The van der Waals surface area contributed by atoms with Gasteiger partial charge in [0.25, 0.3) is 0 Å². The van der Waals surface area contributed by atoms with Crippen molar-refractivity contribution in [2.75, 3.05) is 12.4 Å². The highest BCUT2D eigenvalue weighted by atomic mass is 16.5. The van der Waals surface area contributed by atoms with Crippen molar-refractivity contribution in [1.29, 1.82) is 0 Å². The van der Waals surface area contributed by atoms with Gasteiger partial charge in [0.05, 0.1) is 5.60 Å². The number of hydrogen-bond acceptors (Lipinski definition) is 4. The van der Waals surface area contributed by atoms with Gasteiger partial charge in [0.2, 0.25) is 0 Å². The highest BCUT2D eigenvalue weighted by molar-refractivity contribution is 5.93. The van der Waals surface area contributed by atoms with Crippen LogP contribution in [0.15, 0.2) is 48.5 Å². The molecule has 4 bridgehead atoms. The van der Waals surface area contributed by atoms with E-state index in [4.69, 9.17) is 9.84 Å². The van der Waals surface area contributed by atoms with Crippen molar-refractivity contribution in [3.05, 3.63) is 58.9 Å². The summed E-state index contributed by atoms with van der Waals surface area (Å²) in [7, 11) is 1.79. The van der Waals surface area contributed by atoms with Crippen molar-refractivity contribution in [3.63, 3.8) is 0 Å². The number of benzene rings is 2. The Morgan fingerprint density at radius 1 is 1.09 bits per heavy atom. The number of carbonyl (C=O) groups excluding carboxylic acids is 1. The van der Waals surface area contributed by atoms with Gasteiger partial charge in [-0.1, -0.05) is 30.3 Å². The summed E-state index contributed by atoms with van der Waals surface area (Å²) in [5.41, 5.74) is 2.82. The number of anilines is 1. The average molecular weight is 460 g/mol. The second-order valence-corrected chi connectivity index (χ2v) is 10.5. The van der Waals surface area contributed by atoms with E-state index in [2.05, 4.69) is 16.2 Å². The number of ether oxygens (including phenoxy) is 1. The molecule has 4 aliphatic carbocycles. The lowest BCUT2D eigenvalue weighted by Gasteiger charge is -2.58. The highest BCUT2D eigenvalue weighted by Crippen LogP contribution is 2.63. The minimum Gasteiger partial charge on any atom is -0.480 e. The molecule has 2 aromatic rings. The Morgan fingerprint density at radius 2 is 1.76 bits per heavy atom. The summed E-state index contributed by atoms with van der Waals surface area (Å²) >= 11 is 0. The number of nitrogens with one attached hydrogen (secondary N) is 1. The van der Waals surface area contributed by atoms with E-state index in [1.54, 1.807) is 14.0 Å². The van der Waals surface area contributed by atoms with E-state index in [1.807, 2.05) is 48.5 Å². The summed E-state index contributed by atoms with van der Waals surface area (Å²) < 4.78 is 5.96. The van der Waals surface area contributed by atoms with Crippen molar-refractivity contribution < 1.29 is 19.4 Å². The van der Waals surface area contributed by atoms with Gasteiger partial charge in [0, 0.05) is 23.2 Å². The van der Waals surface area contributed by atoms with Gasteiger partial charge in [-0.05, 0) is 81.0 Å². The molecule has 0 saturated heterocycles. The molecule has 2 aromatic carbocycles. The first-order chi connectivity index (χ1) is 16.3. The Morgan fingerprint density at radius 3 is 2.41 bits per heavy atom. The molecule has 2 unspecified atom stereocenters. The lowest BCUT2D eigenvalue weighted by atomic mass is 9.47. The monoisotopic (exact) mass is 459 g/mol. The normalized spacial score (nSPS) is 29.7. The SMILES string of the molecule is COC12CC3CC(C1)CC(C(=O)[N+]#Cc1ccccc1-c1ccc(N[C@@H](C)C(=O)O)cc1)(C3)C2. The van der Waals surface area contributed by atoms with Crippen molar-refractivity contribution in [1.82, 2.24) is 0 Å². The molecular formula is C28H31N2O4+. The Bertz CT molecular complexity index is 1160. The Labute approximate surface area is 200 Å². The van der Waals surface area contributed by atoms with Crippen LogP contribution in [-0.2, 0) is 14.3 Å². The maximum absolute atomic E-state index is 13.4. The topological polar surface area (TPSA) is 80.0 Å². The van der Waals surface area contributed by atoms with Crippen LogP contribution in [0.4, 0.5) is 5.69 Å². The largest absolute Gasteiger partial charge is 0.521 e. The molecule has 34 heavy (non-hydrogen) atoms. The van der Waals surface area contributed by atoms with E-state index in [9.17, 15) is 9.59 Å². The standard InChI is InChI=1S/C28H30N2O4/c1-18(25(31)32)30-23-9-7-21(8-10-23)24-6-4-3-5-22(24)16-29-26(33)27-12-19-11-20(13-27)15-28(14-19,17-27)34-2/h3-10,18-20H,11-15,17H2,1-2H3,(H,31,32)/p+1/t18-,19?,20?,27?,28?/m0/s1. The van der Waals surface area contributed by atoms with Gasteiger partial charge < -0.3 is 15.2 Å². The van der Waals surface area contributed by atoms with E-state index in [1.165, 1.54) is 6.42 Å². The van der Waals surface area contributed by atoms with Gasteiger partial charge in [-0.3, -0.25) is 4.79 Å². The number of aliphatic carboxylic acids is 1. The van der Waals surface area contributed by atoms with Gasteiger partial charge in [0.15, 0.2) is 0 Å². The van der Waals surface area contributed by atoms with E-state index in [0.29, 0.717) is 11.8 Å². The highest BCUT2D eigenvalue weighted by Gasteiger charge is 2.64. The van der Waals surface area contributed by atoms with Crippen molar-refractivity contribution in [2.24, 2.45) is 17.3 Å². The second-order valence-electron chi connectivity index (χ2n) is 10.5. The number of rotatable bonds is 6. The lowest BCUT2D eigenvalue weighted by molar-refractivity contribution is -0.183. The van der Waals surface area contributed by atoms with Gasteiger partial charge >= 0.3 is 17.9 Å². The maximum Gasteiger partial charge on any atom is 0.521 e. The van der Waals surface area contributed by atoms with Gasteiger partial charge in [-0.25, -0.2) is 0 Å². The number of amides is 1. The smallest absolute Gasteiger partial charge is 0.480 e. The summed E-state index contributed by atoms with van der Waals surface area (Å²) in [5, 5.41) is 12.1. The molecule has 4 aliphatic rings. The molecular weight excluding hydrogens is 428 g/mol. The number of hydrogen-bond donors (Lipinski definition) is 2. The summed E-state index contributed by atoms with van der Waals surface area (Å²) in [6, 6.07) is 17.7. The molecule has 1 amide bonds. The molecule has 0 aromatic heterocycles. The van der Waals surface area contributed by atoms with Crippen molar-refractivity contribution in [2.45, 2.75) is 57.1 Å². The molecule has 0 aliphatic heterocycles. The van der Waals surface area contributed by atoms with Crippen LogP contribution in [0.25, 0.3) is 16.0 Å². The maximum atomic E-state index is 13.4. The van der Waals surface area contributed by atoms with Crippen LogP contribution in [0.5, 0.6) is 0 Å². The van der Waals surface area contributed by atoms with E-state index >= 15 is 0 Å². The third-order valence-corrected chi connectivity index (χ3v) is 8.05. The van der Waals surface area contributed by atoms with Crippen LogP contribution >= 0.6 is 0 Å². The zero-order valence-electron chi connectivity index (χ0n) is 19.7. The summed E-state index contributed by atoms with van der Waals surface area (Å²) in [6.07, 6.45) is 5.97. The predicted octanol–water partition coefficient (Wildman–Crippen LogP) is 5.43. The van der Waals surface area contributed by atoms with E-state index in [0.717, 1.165) is 54.5 Å². The van der Waals surface area contributed by atoms with E-state index < -0.39 is 17.4 Å². The quantitative estimate of drug-likeness (QED) is 0.602. The molecule has 6 rings (SSSR count). The van der Waals surface area contributed by atoms with Crippen LogP contribution in [0, 0.1) is 23.3 Å². The van der Waals surface area contributed by atoms with Crippen LogP contribution < -0.4 is 5.32 Å². The number of methoxy groups -OCH3 is 1. The first-order valence-corrected chi connectivity index (χ1v) is 12.1. The summed E-state index contributed by atoms with van der Waals surface area (Å²) in [6.45, 7) is 1.60. The Balaban J connectivity index is 1.38. The van der Waals surface area contributed by atoms with Crippen LogP contribution in [-0.4, -0.2) is 35.7 Å². The van der Waals surface area contributed by atoms with Crippen LogP contribution in [0.3, 0.4) is 0 Å². The fourth-order valence-corrected chi connectivity index (χ4v) is 6.79. The molecule has 3 atom stereocenters. The molecule has 0 spiro atoms. The zero-order chi connectivity index (χ0) is 23.9. The lowest BCUT2D eigenvalue weighted by Crippen LogP contribution is -2.58. The Hall–Kier alpha value is -3.17. The average Bonchev–Trinajstić information content (AvgIpc) is 2.82. The molecule has 4 fully saturated rings. The summed E-state index contributed by atoms with van der Waals surface area (Å²) in [5.74, 6) is 0.160. The first kappa shape index (κ1) is 22.6. The molecule has 176 valence electrons. The van der Waals surface area contributed by atoms with Crippen LogP contribution in [0.2, 0.25) is 0 Å². The molecule has 0 radical (unpaired) electrons. The van der Waals surface area contributed by atoms with Gasteiger partial charge in [-0.15, -0.1) is 0 Å². The first-order valence-electron chi connectivity index (χ1n) is 12.1. The molecule has 4 saturated carbocycles. The van der Waals surface area contributed by atoms with Crippen LogP contribution in [0.1, 0.15) is 51.0 Å². The minimum atomic E-state index is -0.902. The zero-order valence-corrected chi connectivity index (χ0v) is 19.7. The molecule has 0 heterocycles. The third kappa shape index (κ3) is 4.10. The number of nitrogens with zero attached hydrogens (tertiary/aromatic N) is 1. The number of carboxylic acid groups (broad SMARTS) is 1. The fraction of sp³-hybridized carbons (Fsp3) is 0.464. The predicted molar refractivity (Wildman–Crippen MR) is 131 cm³/mol.